The van der Waals surface area contributed by atoms with Gasteiger partial charge in [0.15, 0.2) is 0 Å². The molecule has 0 unspecified atom stereocenters. The second-order valence-electron chi connectivity index (χ2n) is 3.48. The van der Waals surface area contributed by atoms with Gasteiger partial charge in [0.25, 0.3) is 0 Å². The summed E-state index contributed by atoms with van der Waals surface area (Å²) in [5, 5.41) is 16.0. The molecule has 8 heteroatoms. The molecular formula is C11H12BrN3O4. The SMILES string of the molecule is CNC(=O)CNC(=O)Nc1ccc(Br)cc1C(=O)O. The summed E-state index contributed by atoms with van der Waals surface area (Å²) >= 11 is 3.15. The number of nitrogens with one attached hydrogen (secondary N) is 3. The molecule has 3 amide bonds. The lowest BCUT2D eigenvalue weighted by atomic mass is 10.2. The highest BCUT2D eigenvalue weighted by molar-refractivity contribution is 9.10. The van der Waals surface area contributed by atoms with Crippen LogP contribution in [0.25, 0.3) is 0 Å². The average molecular weight is 330 g/mol. The van der Waals surface area contributed by atoms with Crippen LogP contribution in [0.3, 0.4) is 0 Å². The molecule has 0 radical (unpaired) electrons. The van der Waals surface area contributed by atoms with E-state index in [-0.39, 0.29) is 23.7 Å². The Balaban J connectivity index is 2.74. The van der Waals surface area contributed by atoms with E-state index < -0.39 is 12.0 Å². The predicted molar refractivity (Wildman–Crippen MR) is 72.2 cm³/mol. The molecule has 0 aliphatic carbocycles. The molecule has 0 bridgehead atoms. The number of carbonyl (C=O) groups excluding carboxylic acids is 2. The third-order valence-corrected chi connectivity index (χ3v) is 2.64. The number of carboxylic acids is 1. The Labute approximate surface area is 117 Å². The minimum absolute atomic E-state index is 0.0514. The minimum Gasteiger partial charge on any atom is -0.478 e. The summed E-state index contributed by atoms with van der Waals surface area (Å²) in [6.45, 7) is -0.193. The fraction of sp³-hybridized carbons (Fsp3) is 0.182. The molecule has 102 valence electrons. The van der Waals surface area contributed by atoms with E-state index in [1.54, 1.807) is 6.07 Å². The lowest BCUT2D eigenvalue weighted by molar-refractivity contribution is -0.119. The summed E-state index contributed by atoms with van der Waals surface area (Å²) in [6, 6.07) is 3.76. The molecular weight excluding hydrogens is 318 g/mol. The number of likely N-dealkylation sites (N-methyl/N-ethyl adjacent to an activating group) is 1. The van der Waals surface area contributed by atoms with Crippen LogP contribution in [0.15, 0.2) is 22.7 Å². The van der Waals surface area contributed by atoms with Crippen LogP contribution in [-0.2, 0) is 4.79 Å². The van der Waals surface area contributed by atoms with Crippen molar-refractivity contribution in [2.24, 2.45) is 0 Å². The van der Waals surface area contributed by atoms with Gasteiger partial charge in [-0.2, -0.15) is 0 Å². The Morgan fingerprint density at radius 1 is 1.32 bits per heavy atom. The summed E-state index contributed by atoms with van der Waals surface area (Å²) in [5.74, 6) is -1.52. The van der Waals surface area contributed by atoms with Crippen LogP contribution in [0.2, 0.25) is 0 Å². The van der Waals surface area contributed by atoms with E-state index in [0.717, 1.165) is 0 Å². The number of aromatic carboxylic acids is 1. The van der Waals surface area contributed by atoms with E-state index in [1.165, 1.54) is 19.2 Å². The third kappa shape index (κ3) is 4.59. The Kier molecular flexibility index (Phi) is 5.31. The van der Waals surface area contributed by atoms with Gasteiger partial charge in [0.05, 0.1) is 17.8 Å². The third-order valence-electron chi connectivity index (χ3n) is 2.15. The maximum absolute atomic E-state index is 11.5. The number of benzene rings is 1. The van der Waals surface area contributed by atoms with Gasteiger partial charge in [-0.1, -0.05) is 15.9 Å². The molecule has 0 aliphatic rings. The van der Waals surface area contributed by atoms with Crippen molar-refractivity contribution in [1.82, 2.24) is 10.6 Å². The molecule has 0 aliphatic heterocycles. The van der Waals surface area contributed by atoms with Crippen molar-refractivity contribution in [3.63, 3.8) is 0 Å². The Morgan fingerprint density at radius 3 is 2.58 bits per heavy atom. The lowest BCUT2D eigenvalue weighted by Gasteiger charge is -2.09. The summed E-state index contributed by atoms with van der Waals surface area (Å²) in [5.41, 5.74) is 0.0922. The number of halogens is 1. The molecule has 19 heavy (non-hydrogen) atoms. The number of anilines is 1. The smallest absolute Gasteiger partial charge is 0.337 e. The first-order valence-electron chi connectivity index (χ1n) is 5.22. The average Bonchev–Trinajstić information content (AvgIpc) is 2.37. The molecule has 7 nitrogen and oxygen atoms in total. The molecule has 1 aromatic carbocycles. The van der Waals surface area contributed by atoms with E-state index in [4.69, 9.17) is 5.11 Å². The molecule has 1 rings (SSSR count). The highest BCUT2D eigenvalue weighted by Crippen LogP contribution is 2.20. The summed E-state index contributed by atoms with van der Waals surface area (Å²) < 4.78 is 0.584. The largest absolute Gasteiger partial charge is 0.478 e. The zero-order valence-corrected chi connectivity index (χ0v) is 11.6. The van der Waals surface area contributed by atoms with Crippen LogP contribution in [0.5, 0.6) is 0 Å². The van der Waals surface area contributed by atoms with Crippen molar-refractivity contribution < 1.29 is 19.5 Å². The highest BCUT2D eigenvalue weighted by Gasteiger charge is 2.13. The van der Waals surface area contributed by atoms with E-state index in [1.807, 2.05) is 0 Å². The standard InChI is InChI=1S/C11H12BrN3O4/c1-13-9(16)5-14-11(19)15-8-3-2-6(12)4-7(8)10(17)18/h2-4H,5H2,1H3,(H,13,16)(H,17,18)(H2,14,15,19). The first-order chi connectivity index (χ1) is 8.93. The molecule has 0 atom stereocenters. The number of hydrogen-bond donors (Lipinski definition) is 4. The van der Waals surface area contributed by atoms with Gasteiger partial charge in [-0.15, -0.1) is 0 Å². The highest BCUT2D eigenvalue weighted by atomic mass is 79.9. The second kappa shape index (κ2) is 6.74. The van der Waals surface area contributed by atoms with Crippen molar-refractivity contribution in [3.05, 3.63) is 28.2 Å². The first kappa shape index (κ1) is 15.0. The predicted octanol–water partition coefficient (Wildman–Crippen LogP) is 1.01. The second-order valence-corrected chi connectivity index (χ2v) is 4.39. The van der Waals surface area contributed by atoms with Crippen LogP contribution >= 0.6 is 15.9 Å². The Bertz CT molecular complexity index is 519. The van der Waals surface area contributed by atoms with Gasteiger partial charge in [0.2, 0.25) is 5.91 Å². The molecule has 0 fully saturated rings. The number of carboxylic acid groups (broad SMARTS) is 1. The molecule has 0 saturated carbocycles. The van der Waals surface area contributed by atoms with Crippen molar-refractivity contribution >= 4 is 39.5 Å². The van der Waals surface area contributed by atoms with Crippen molar-refractivity contribution in [2.75, 3.05) is 18.9 Å². The normalized spacial score (nSPS) is 9.58. The van der Waals surface area contributed by atoms with Crippen LogP contribution in [0.4, 0.5) is 10.5 Å². The number of rotatable bonds is 4. The molecule has 0 heterocycles. The van der Waals surface area contributed by atoms with Crippen molar-refractivity contribution in [1.29, 1.82) is 0 Å². The quantitative estimate of drug-likeness (QED) is 0.661. The van der Waals surface area contributed by atoms with Gasteiger partial charge in [-0.05, 0) is 18.2 Å². The summed E-state index contributed by atoms with van der Waals surface area (Å²) in [6.07, 6.45) is 0. The molecule has 0 spiro atoms. The minimum atomic E-state index is -1.16. The molecule has 4 N–H and O–H groups in total. The Hall–Kier alpha value is -2.09. The van der Waals surface area contributed by atoms with E-state index in [2.05, 4.69) is 31.9 Å². The van der Waals surface area contributed by atoms with Gasteiger partial charge in [-0.3, -0.25) is 4.79 Å². The number of amides is 3. The monoisotopic (exact) mass is 329 g/mol. The maximum atomic E-state index is 11.5. The zero-order valence-electron chi connectivity index (χ0n) is 9.99. The topological polar surface area (TPSA) is 108 Å². The van der Waals surface area contributed by atoms with Crippen molar-refractivity contribution in [2.45, 2.75) is 0 Å². The number of hydrogen-bond acceptors (Lipinski definition) is 3. The fourth-order valence-corrected chi connectivity index (χ4v) is 1.58. The van der Waals surface area contributed by atoms with Gasteiger partial charge in [0.1, 0.15) is 0 Å². The Morgan fingerprint density at radius 2 is 2.00 bits per heavy atom. The zero-order chi connectivity index (χ0) is 14.4. The molecule has 1 aromatic rings. The first-order valence-corrected chi connectivity index (χ1v) is 6.01. The van der Waals surface area contributed by atoms with E-state index in [0.29, 0.717) is 4.47 Å². The van der Waals surface area contributed by atoms with Gasteiger partial charge in [-0.25, -0.2) is 9.59 Å². The molecule has 0 saturated heterocycles. The van der Waals surface area contributed by atoms with Crippen LogP contribution in [-0.4, -0.2) is 36.6 Å². The van der Waals surface area contributed by atoms with Crippen LogP contribution < -0.4 is 16.0 Å². The van der Waals surface area contributed by atoms with Crippen LogP contribution in [0, 0.1) is 0 Å². The van der Waals surface area contributed by atoms with Gasteiger partial charge < -0.3 is 21.1 Å². The number of urea groups is 1. The maximum Gasteiger partial charge on any atom is 0.337 e. The van der Waals surface area contributed by atoms with E-state index >= 15 is 0 Å². The molecule has 0 aromatic heterocycles. The fourth-order valence-electron chi connectivity index (χ4n) is 1.22. The lowest BCUT2D eigenvalue weighted by Crippen LogP contribution is -2.37. The van der Waals surface area contributed by atoms with Gasteiger partial charge >= 0.3 is 12.0 Å². The summed E-state index contributed by atoms with van der Waals surface area (Å²) in [4.78, 5) is 33.4. The number of carbonyl (C=O) groups is 3. The van der Waals surface area contributed by atoms with Gasteiger partial charge in [0, 0.05) is 11.5 Å². The van der Waals surface area contributed by atoms with E-state index in [9.17, 15) is 14.4 Å². The summed E-state index contributed by atoms with van der Waals surface area (Å²) in [7, 11) is 1.44. The van der Waals surface area contributed by atoms with Crippen molar-refractivity contribution in [3.8, 4) is 0 Å². The van der Waals surface area contributed by atoms with Crippen LogP contribution in [0.1, 0.15) is 10.4 Å².